The van der Waals surface area contributed by atoms with Crippen LogP contribution in [-0.4, -0.2) is 18.0 Å². The van der Waals surface area contributed by atoms with Gasteiger partial charge in [0.15, 0.2) is 5.82 Å². The summed E-state index contributed by atoms with van der Waals surface area (Å²) in [6.45, 7) is 0.654. The van der Waals surface area contributed by atoms with Crippen LogP contribution in [0.4, 0.5) is 10.1 Å². The SMILES string of the molecule is CN(Cc1cccc(N)c1F)C1CC1. The van der Waals surface area contributed by atoms with E-state index in [9.17, 15) is 4.39 Å². The summed E-state index contributed by atoms with van der Waals surface area (Å²) in [7, 11) is 2.03. The van der Waals surface area contributed by atoms with Crippen molar-refractivity contribution in [2.24, 2.45) is 0 Å². The maximum Gasteiger partial charge on any atom is 0.150 e. The predicted octanol–water partition coefficient (Wildman–Crippen LogP) is 2.00. The van der Waals surface area contributed by atoms with Gasteiger partial charge in [-0.05, 0) is 26.0 Å². The molecule has 14 heavy (non-hydrogen) atoms. The molecule has 1 aromatic rings. The first-order chi connectivity index (χ1) is 6.68. The van der Waals surface area contributed by atoms with Crippen molar-refractivity contribution in [2.45, 2.75) is 25.4 Å². The molecule has 1 fully saturated rings. The van der Waals surface area contributed by atoms with Crippen molar-refractivity contribution < 1.29 is 4.39 Å². The van der Waals surface area contributed by atoms with Gasteiger partial charge in [0, 0.05) is 18.2 Å². The Bertz CT molecular complexity index is 334. The topological polar surface area (TPSA) is 29.3 Å². The molecule has 0 aliphatic heterocycles. The first kappa shape index (κ1) is 9.46. The highest BCUT2D eigenvalue weighted by molar-refractivity contribution is 5.42. The number of halogens is 1. The van der Waals surface area contributed by atoms with Crippen molar-refractivity contribution in [2.75, 3.05) is 12.8 Å². The van der Waals surface area contributed by atoms with E-state index in [1.165, 1.54) is 12.8 Å². The lowest BCUT2D eigenvalue weighted by Gasteiger charge is -2.16. The highest BCUT2D eigenvalue weighted by Gasteiger charge is 2.26. The van der Waals surface area contributed by atoms with E-state index in [1.807, 2.05) is 7.05 Å². The van der Waals surface area contributed by atoms with Crippen molar-refractivity contribution in [3.63, 3.8) is 0 Å². The van der Waals surface area contributed by atoms with Gasteiger partial charge in [0.2, 0.25) is 0 Å². The van der Waals surface area contributed by atoms with Crippen molar-refractivity contribution >= 4 is 5.69 Å². The van der Waals surface area contributed by atoms with Gasteiger partial charge in [0.25, 0.3) is 0 Å². The Labute approximate surface area is 83.5 Å². The summed E-state index contributed by atoms with van der Waals surface area (Å²) in [6, 6.07) is 5.84. The molecule has 1 aliphatic rings. The third-order valence-electron chi connectivity index (χ3n) is 2.70. The molecule has 0 amide bonds. The second kappa shape index (κ2) is 3.58. The fourth-order valence-corrected chi connectivity index (χ4v) is 1.63. The molecule has 76 valence electrons. The zero-order valence-corrected chi connectivity index (χ0v) is 8.33. The quantitative estimate of drug-likeness (QED) is 0.746. The third kappa shape index (κ3) is 1.87. The zero-order valence-electron chi connectivity index (χ0n) is 8.33. The van der Waals surface area contributed by atoms with E-state index in [4.69, 9.17) is 5.73 Å². The average molecular weight is 194 g/mol. The standard InChI is InChI=1S/C11H15FN2/c1-14(9-5-6-9)7-8-3-2-4-10(13)11(8)12/h2-4,9H,5-7,13H2,1H3. The summed E-state index contributed by atoms with van der Waals surface area (Å²) in [6.07, 6.45) is 2.47. The second-order valence-corrected chi connectivity index (χ2v) is 3.97. The third-order valence-corrected chi connectivity index (χ3v) is 2.70. The lowest BCUT2D eigenvalue weighted by molar-refractivity contribution is 0.311. The van der Waals surface area contributed by atoms with Crippen LogP contribution in [0.25, 0.3) is 0 Å². The second-order valence-electron chi connectivity index (χ2n) is 3.97. The highest BCUT2D eigenvalue weighted by atomic mass is 19.1. The largest absolute Gasteiger partial charge is 0.396 e. The van der Waals surface area contributed by atoms with Gasteiger partial charge in [-0.3, -0.25) is 4.90 Å². The number of hydrogen-bond acceptors (Lipinski definition) is 2. The molecule has 0 heterocycles. The Morgan fingerprint density at radius 3 is 2.86 bits per heavy atom. The van der Waals surface area contributed by atoms with E-state index in [1.54, 1.807) is 18.2 Å². The first-order valence-electron chi connectivity index (χ1n) is 4.91. The van der Waals surface area contributed by atoms with Gasteiger partial charge in [-0.25, -0.2) is 4.39 Å². The predicted molar refractivity (Wildman–Crippen MR) is 55.3 cm³/mol. The summed E-state index contributed by atoms with van der Waals surface area (Å²) in [5, 5.41) is 0. The molecule has 3 heteroatoms. The smallest absolute Gasteiger partial charge is 0.150 e. The number of nitrogens with two attached hydrogens (primary N) is 1. The Morgan fingerprint density at radius 1 is 1.50 bits per heavy atom. The average Bonchev–Trinajstić information content (AvgIpc) is 2.95. The highest BCUT2D eigenvalue weighted by Crippen LogP contribution is 2.27. The van der Waals surface area contributed by atoms with E-state index in [2.05, 4.69) is 4.90 Å². The van der Waals surface area contributed by atoms with Crippen LogP contribution in [0.5, 0.6) is 0 Å². The lowest BCUT2D eigenvalue weighted by atomic mass is 10.2. The van der Waals surface area contributed by atoms with Gasteiger partial charge in [0.05, 0.1) is 5.69 Å². The van der Waals surface area contributed by atoms with E-state index in [0.29, 0.717) is 18.2 Å². The van der Waals surface area contributed by atoms with E-state index < -0.39 is 0 Å². The van der Waals surface area contributed by atoms with Gasteiger partial charge in [-0.2, -0.15) is 0 Å². The fraction of sp³-hybridized carbons (Fsp3) is 0.455. The summed E-state index contributed by atoms with van der Waals surface area (Å²) < 4.78 is 13.5. The Morgan fingerprint density at radius 2 is 2.21 bits per heavy atom. The molecule has 1 saturated carbocycles. The van der Waals surface area contributed by atoms with Crippen molar-refractivity contribution in [1.29, 1.82) is 0 Å². The molecular formula is C11H15FN2. The van der Waals surface area contributed by atoms with Crippen LogP contribution in [0.1, 0.15) is 18.4 Å². The lowest BCUT2D eigenvalue weighted by Crippen LogP contribution is -2.20. The van der Waals surface area contributed by atoms with Gasteiger partial charge in [-0.15, -0.1) is 0 Å². The van der Waals surface area contributed by atoms with Crippen LogP contribution in [-0.2, 0) is 6.54 Å². The molecule has 1 aromatic carbocycles. The van der Waals surface area contributed by atoms with Crippen LogP contribution in [0.15, 0.2) is 18.2 Å². The van der Waals surface area contributed by atoms with Crippen LogP contribution in [0, 0.1) is 5.82 Å². The summed E-state index contributed by atoms with van der Waals surface area (Å²) in [5.74, 6) is -0.264. The number of nitrogen functional groups attached to an aromatic ring is 1. The molecule has 2 N–H and O–H groups in total. The molecule has 2 nitrogen and oxygen atoms in total. The number of nitrogens with zero attached hydrogens (tertiary/aromatic N) is 1. The van der Waals surface area contributed by atoms with Gasteiger partial charge >= 0.3 is 0 Å². The molecule has 0 unspecified atom stereocenters. The minimum absolute atomic E-state index is 0.242. The van der Waals surface area contributed by atoms with Crippen molar-refractivity contribution in [3.8, 4) is 0 Å². The summed E-state index contributed by atoms with van der Waals surface area (Å²) >= 11 is 0. The molecule has 0 radical (unpaired) electrons. The van der Waals surface area contributed by atoms with Crippen molar-refractivity contribution in [1.82, 2.24) is 4.90 Å². The molecule has 0 aromatic heterocycles. The van der Waals surface area contributed by atoms with Crippen LogP contribution in [0.3, 0.4) is 0 Å². The Kier molecular flexibility index (Phi) is 2.42. The van der Waals surface area contributed by atoms with Crippen LogP contribution in [0.2, 0.25) is 0 Å². The van der Waals surface area contributed by atoms with Crippen LogP contribution >= 0.6 is 0 Å². The van der Waals surface area contributed by atoms with Gasteiger partial charge in [0.1, 0.15) is 0 Å². The number of anilines is 1. The van der Waals surface area contributed by atoms with E-state index in [-0.39, 0.29) is 11.5 Å². The number of hydrogen-bond donors (Lipinski definition) is 1. The Hall–Kier alpha value is -1.09. The number of benzene rings is 1. The maximum absolute atomic E-state index is 13.5. The van der Waals surface area contributed by atoms with Crippen LogP contribution < -0.4 is 5.73 Å². The van der Waals surface area contributed by atoms with Gasteiger partial charge < -0.3 is 5.73 Å². The number of rotatable bonds is 3. The zero-order chi connectivity index (χ0) is 10.1. The molecule has 0 spiro atoms. The normalized spacial score (nSPS) is 16.2. The maximum atomic E-state index is 13.5. The minimum Gasteiger partial charge on any atom is -0.396 e. The van der Waals surface area contributed by atoms with Crippen molar-refractivity contribution in [3.05, 3.63) is 29.6 Å². The molecule has 2 rings (SSSR count). The van der Waals surface area contributed by atoms with Gasteiger partial charge in [-0.1, -0.05) is 12.1 Å². The molecule has 0 saturated heterocycles. The van der Waals surface area contributed by atoms with E-state index in [0.717, 1.165) is 0 Å². The molecular weight excluding hydrogens is 179 g/mol. The summed E-state index contributed by atoms with van der Waals surface area (Å²) in [5.41, 5.74) is 6.43. The Balaban J connectivity index is 2.11. The minimum atomic E-state index is -0.264. The summed E-state index contributed by atoms with van der Waals surface area (Å²) in [4.78, 5) is 2.18. The monoisotopic (exact) mass is 194 g/mol. The molecule has 0 bridgehead atoms. The fourth-order valence-electron chi connectivity index (χ4n) is 1.63. The van der Waals surface area contributed by atoms with E-state index >= 15 is 0 Å². The molecule has 1 aliphatic carbocycles. The first-order valence-corrected chi connectivity index (χ1v) is 4.91. The molecule has 0 atom stereocenters.